The highest BCUT2D eigenvalue weighted by molar-refractivity contribution is 6.04. The van der Waals surface area contributed by atoms with Crippen LogP contribution in [0.25, 0.3) is 0 Å². The molecule has 0 bridgehead atoms. The van der Waals surface area contributed by atoms with Gasteiger partial charge in [-0.2, -0.15) is 0 Å². The van der Waals surface area contributed by atoms with Gasteiger partial charge in [0.25, 0.3) is 5.91 Å². The SMILES string of the molecule is CCNc1cc(C(=O)Nc2cc(F)c(F)c(F)c2)ccn1. The fourth-order valence-corrected chi connectivity index (χ4v) is 1.68. The standard InChI is InChI=1S/C14H12F3N3O/c1-2-18-12-5-8(3-4-19-12)14(21)20-9-6-10(15)13(17)11(16)7-9/h3-7H,2H2,1H3,(H,18,19)(H,20,21). The molecular formula is C14H12F3N3O. The first-order chi connectivity index (χ1) is 10.0. The Balaban J connectivity index is 2.20. The number of rotatable bonds is 4. The van der Waals surface area contributed by atoms with Crippen LogP contribution in [0.5, 0.6) is 0 Å². The second kappa shape index (κ2) is 6.25. The number of halogens is 3. The Kier molecular flexibility index (Phi) is 4.42. The maximum Gasteiger partial charge on any atom is 0.255 e. The zero-order valence-electron chi connectivity index (χ0n) is 11.1. The van der Waals surface area contributed by atoms with Gasteiger partial charge in [0.2, 0.25) is 0 Å². The Labute approximate surface area is 119 Å². The molecule has 1 aromatic carbocycles. The van der Waals surface area contributed by atoms with Crippen LogP contribution in [0.15, 0.2) is 30.5 Å². The molecule has 0 saturated carbocycles. The first-order valence-electron chi connectivity index (χ1n) is 6.17. The van der Waals surface area contributed by atoms with Crippen LogP contribution in [-0.4, -0.2) is 17.4 Å². The second-order valence-electron chi connectivity index (χ2n) is 4.17. The van der Waals surface area contributed by atoms with Gasteiger partial charge in [-0.05, 0) is 19.1 Å². The minimum absolute atomic E-state index is 0.168. The quantitative estimate of drug-likeness (QED) is 0.852. The van der Waals surface area contributed by atoms with Gasteiger partial charge in [-0.25, -0.2) is 18.2 Å². The highest BCUT2D eigenvalue weighted by Gasteiger charge is 2.13. The minimum Gasteiger partial charge on any atom is -0.370 e. The smallest absolute Gasteiger partial charge is 0.255 e. The van der Waals surface area contributed by atoms with Gasteiger partial charge < -0.3 is 10.6 Å². The first-order valence-corrected chi connectivity index (χ1v) is 6.17. The maximum absolute atomic E-state index is 13.1. The van der Waals surface area contributed by atoms with E-state index in [2.05, 4.69) is 15.6 Å². The molecule has 0 unspecified atom stereocenters. The Hall–Kier alpha value is -2.57. The molecule has 0 saturated heterocycles. The molecule has 0 atom stereocenters. The number of pyridine rings is 1. The van der Waals surface area contributed by atoms with Crippen LogP contribution in [0.3, 0.4) is 0 Å². The van der Waals surface area contributed by atoms with Crippen LogP contribution < -0.4 is 10.6 Å². The van der Waals surface area contributed by atoms with Crippen molar-refractivity contribution in [1.29, 1.82) is 0 Å². The monoisotopic (exact) mass is 295 g/mol. The molecule has 110 valence electrons. The van der Waals surface area contributed by atoms with E-state index in [0.29, 0.717) is 24.5 Å². The van der Waals surface area contributed by atoms with Gasteiger partial charge in [0, 0.05) is 36.1 Å². The number of nitrogens with one attached hydrogen (secondary N) is 2. The molecule has 0 aliphatic heterocycles. The summed E-state index contributed by atoms with van der Waals surface area (Å²) in [5.74, 6) is -4.39. The van der Waals surface area contributed by atoms with Crippen LogP contribution in [0.1, 0.15) is 17.3 Å². The van der Waals surface area contributed by atoms with Gasteiger partial charge in [-0.1, -0.05) is 0 Å². The largest absolute Gasteiger partial charge is 0.370 e. The summed E-state index contributed by atoms with van der Waals surface area (Å²) in [6, 6.07) is 4.37. The molecule has 2 rings (SSSR count). The molecule has 1 heterocycles. The van der Waals surface area contributed by atoms with Crippen LogP contribution in [0.4, 0.5) is 24.7 Å². The van der Waals surface area contributed by atoms with Crippen molar-refractivity contribution < 1.29 is 18.0 Å². The van der Waals surface area contributed by atoms with Crippen molar-refractivity contribution >= 4 is 17.4 Å². The van der Waals surface area contributed by atoms with E-state index in [-0.39, 0.29) is 11.3 Å². The number of aromatic nitrogens is 1. The Morgan fingerprint density at radius 2 is 1.86 bits per heavy atom. The highest BCUT2D eigenvalue weighted by atomic mass is 19.2. The predicted octanol–water partition coefficient (Wildman–Crippen LogP) is 3.18. The van der Waals surface area contributed by atoms with E-state index in [1.165, 1.54) is 18.3 Å². The number of hydrogen-bond acceptors (Lipinski definition) is 3. The summed E-state index contributed by atoms with van der Waals surface area (Å²) in [6.07, 6.45) is 1.43. The van der Waals surface area contributed by atoms with Gasteiger partial charge in [0.1, 0.15) is 5.82 Å². The van der Waals surface area contributed by atoms with Crippen molar-refractivity contribution in [1.82, 2.24) is 4.98 Å². The molecule has 0 aliphatic rings. The average Bonchev–Trinajstić information content (AvgIpc) is 2.45. The molecule has 0 spiro atoms. The lowest BCUT2D eigenvalue weighted by Crippen LogP contribution is -2.13. The average molecular weight is 295 g/mol. The highest BCUT2D eigenvalue weighted by Crippen LogP contribution is 2.18. The van der Waals surface area contributed by atoms with E-state index < -0.39 is 23.4 Å². The fourth-order valence-electron chi connectivity index (χ4n) is 1.68. The lowest BCUT2D eigenvalue weighted by molar-refractivity contribution is 0.102. The van der Waals surface area contributed by atoms with Crippen molar-refractivity contribution in [3.8, 4) is 0 Å². The summed E-state index contributed by atoms with van der Waals surface area (Å²) in [6.45, 7) is 2.50. The molecule has 2 aromatic rings. The second-order valence-corrected chi connectivity index (χ2v) is 4.17. The van der Waals surface area contributed by atoms with Crippen molar-refractivity contribution in [2.75, 3.05) is 17.2 Å². The third-order valence-corrected chi connectivity index (χ3v) is 2.62. The maximum atomic E-state index is 13.1. The third-order valence-electron chi connectivity index (χ3n) is 2.62. The summed E-state index contributed by atoms with van der Waals surface area (Å²) < 4.78 is 39.0. The van der Waals surface area contributed by atoms with Crippen molar-refractivity contribution in [2.24, 2.45) is 0 Å². The summed E-state index contributed by atoms with van der Waals surface area (Å²) in [7, 11) is 0. The van der Waals surface area contributed by atoms with Gasteiger partial charge in [0.05, 0.1) is 0 Å². The molecule has 4 nitrogen and oxygen atoms in total. The summed E-state index contributed by atoms with van der Waals surface area (Å²) >= 11 is 0. The zero-order chi connectivity index (χ0) is 15.4. The summed E-state index contributed by atoms with van der Waals surface area (Å²) in [4.78, 5) is 16.0. The Bertz CT molecular complexity index is 653. The van der Waals surface area contributed by atoms with Crippen molar-refractivity contribution in [3.63, 3.8) is 0 Å². The number of carbonyl (C=O) groups is 1. The van der Waals surface area contributed by atoms with Crippen molar-refractivity contribution in [2.45, 2.75) is 6.92 Å². The van der Waals surface area contributed by atoms with Gasteiger partial charge in [-0.3, -0.25) is 4.79 Å². The van der Waals surface area contributed by atoms with Gasteiger partial charge in [0.15, 0.2) is 17.5 Å². The Morgan fingerprint density at radius 3 is 2.48 bits per heavy atom. The summed E-state index contributed by atoms with van der Waals surface area (Å²) in [5.41, 5.74) is 0.0873. The number of amides is 1. The minimum atomic E-state index is -1.58. The summed E-state index contributed by atoms with van der Waals surface area (Å²) in [5, 5.41) is 5.23. The number of hydrogen-bond donors (Lipinski definition) is 2. The van der Waals surface area contributed by atoms with Crippen LogP contribution in [0.2, 0.25) is 0 Å². The molecule has 0 aliphatic carbocycles. The molecular weight excluding hydrogens is 283 g/mol. The number of anilines is 2. The molecule has 21 heavy (non-hydrogen) atoms. The van der Waals surface area contributed by atoms with E-state index in [1.807, 2.05) is 6.92 Å². The van der Waals surface area contributed by atoms with E-state index in [0.717, 1.165) is 0 Å². The number of carbonyl (C=O) groups excluding carboxylic acids is 1. The predicted molar refractivity (Wildman–Crippen MR) is 72.7 cm³/mol. The molecule has 0 radical (unpaired) electrons. The Morgan fingerprint density at radius 1 is 1.19 bits per heavy atom. The lowest BCUT2D eigenvalue weighted by Gasteiger charge is -2.08. The van der Waals surface area contributed by atoms with Crippen molar-refractivity contribution in [3.05, 3.63) is 53.5 Å². The first kappa shape index (κ1) is 14.8. The molecule has 7 heteroatoms. The van der Waals surface area contributed by atoms with Crippen LogP contribution >= 0.6 is 0 Å². The van der Waals surface area contributed by atoms with E-state index in [9.17, 15) is 18.0 Å². The fraction of sp³-hybridized carbons (Fsp3) is 0.143. The van der Waals surface area contributed by atoms with Crippen LogP contribution in [-0.2, 0) is 0 Å². The normalized spacial score (nSPS) is 10.3. The molecule has 2 N–H and O–H groups in total. The van der Waals surface area contributed by atoms with Gasteiger partial charge >= 0.3 is 0 Å². The van der Waals surface area contributed by atoms with Gasteiger partial charge in [-0.15, -0.1) is 0 Å². The molecule has 1 aromatic heterocycles. The molecule has 0 fully saturated rings. The topological polar surface area (TPSA) is 54.0 Å². The molecule has 1 amide bonds. The zero-order valence-corrected chi connectivity index (χ0v) is 11.1. The number of benzene rings is 1. The van der Waals surface area contributed by atoms with E-state index in [1.54, 1.807) is 0 Å². The lowest BCUT2D eigenvalue weighted by atomic mass is 10.2. The number of nitrogens with zero attached hydrogens (tertiary/aromatic N) is 1. The third kappa shape index (κ3) is 3.50. The van der Waals surface area contributed by atoms with E-state index in [4.69, 9.17) is 0 Å². The van der Waals surface area contributed by atoms with Crippen LogP contribution in [0, 0.1) is 17.5 Å². The van der Waals surface area contributed by atoms with E-state index >= 15 is 0 Å².